The van der Waals surface area contributed by atoms with Gasteiger partial charge in [-0.1, -0.05) is 12.2 Å². The fourth-order valence-electron chi connectivity index (χ4n) is 4.10. The number of nitrogens with one attached hydrogen (secondary N) is 3. The number of carbonyl (C=O) groups is 2. The molecule has 2 amide bonds. The molecule has 1 unspecified atom stereocenters. The second-order valence-corrected chi connectivity index (χ2v) is 9.81. The number of amides is 2. The quantitative estimate of drug-likeness (QED) is 0.398. The minimum Gasteiger partial charge on any atom is -0.492 e. The van der Waals surface area contributed by atoms with Crippen molar-refractivity contribution in [1.29, 1.82) is 0 Å². The number of nitrogens with zero attached hydrogens (tertiary/aromatic N) is 4. The average Bonchev–Trinajstić information content (AvgIpc) is 3.64. The van der Waals surface area contributed by atoms with Gasteiger partial charge >= 0.3 is 0 Å². The van der Waals surface area contributed by atoms with Crippen LogP contribution in [0.3, 0.4) is 0 Å². The van der Waals surface area contributed by atoms with E-state index in [9.17, 15) is 9.59 Å². The van der Waals surface area contributed by atoms with E-state index >= 15 is 0 Å². The second-order valence-electron chi connectivity index (χ2n) is 8.73. The molecule has 1 aliphatic heterocycles. The van der Waals surface area contributed by atoms with Crippen LogP contribution in [0.4, 0.5) is 5.69 Å². The first-order valence-electron chi connectivity index (χ1n) is 12.3. The lowest BCUT2D eigenvalue weighted by Gasteiger charge is -2.26. The molecule has 3 heterocycles. The monoisotopic (exact) mass is 519 g/mol. The normalized spacial score (nSPS) is 17.7. The molecule has 3 aromatic rings. The van der Waals surface area contributed by atoms with Gasteiger partial charge in [0.25, 0.3) is 11.8 Å². The topological polar surface area (TPSA) is 113 Å². The molecule has 2 aliphatic rings. The zero-order chi connectivity index (χ0) is 25.5. The number of thiophene rings is 1. The summed E-state index contributed by atoms with van der Waals surface area (Å²) in [5, 5.41) is 13.3. The van der Waals surface area contributed by atoms with Gasteiger partial charge in [0.1, 0.15) is 25.0 Å². The summed E-state index contributed by atoms with van der Waals surface area (Å²) in [5.41, 5.74) is 1.58. The van der Waals surface area contributed by atoms with Gasteiger partial charge in [0.15, 0.2) is 0 Å². The molecule has 11 heteroatoms. The van der Waals surface area contributed by atoms with Gasteiger partial charge < -0.3 is 20.7 Å². The molecule has 2 aromatic heterocycles. The maximum Gasteiger partial charge on any atom is 0.265 e. The number of ether oxygens (including phenoxy) is 1. The molecule has 1 fully saturated rings. The Morgan fingerprint density at radius 3 is 2.57 bits per heavy atom. The minimum atomic E-state index is -0.255. The summed E-state index contributed by atoms with van der Waals surface area (Å²) in [4.78, 5) is 32.7. The third kappa shape index (κ3) is 6.70. The third-order valence-electron chi connectivity index (χ3n) is 6.13. The van der Waals surface area contributed by atoms with Crippen LogP contribution in [0.2, 0.25) is 0 Å². The largest absolute Gasteiger partial charge is 0.492 e. The molecular weight excluding hydrogens is 490 g/mol. The number of carbonyl (C=O) groups excluding carboxylic acids is 2. The van der Waals surface area contributed by atoms with Gasteiger partial charge in [-0.25, -0.2) is 9.67 Å². The molecule has 10 nitrogen and oxygen atoms in total. The van der Waals surface area contributed by atoms with Crippen LogP contribution in [0.25, 0.3) is 5.70 Å². The number of allylic oxidation sites excluding steroid dienone is 2. The Morgan fingerprint density at radius 1 is 1.08 bits per heavy atom. The van der Waals surface area contributed by atoms with E-state index < -0.39 is 0 Å². The van der Waals surface area contributed by atoms with Crippen LogP contribution in [-0.2, 0) is 0 Å². The molecule has 1 aliphatic carbocycles. The average molecular weight is 520 g/mol. The molecule has 5 rings (SSSR count). The lowest BCUT2D eigenvalue weighted by atomic mass is 10.1. The van der Waals surface area contributed by atoms with Gasteiger partial charge in [-0.05, 0) is 48.9 Å². The molecule has 1 aromatic carbocycles. The number of aromatic nitrogens is 3. The van der Waals surface area contributed by atoms with Gasteiger partial charge in [-0.2, -0.15) is 5.10 Å². The first-order chi connectivity index (χ1) is 18.1. The van der Waals surface area contributed by atoms with Gasteiger partial charge in [-0.3, -0.25) is 14.5 Å². The zero-order valence-corrected chi connectivity index (χ0v) is 21.1. The molecule has 37 heavy (non-hydrogen) atoms. The Bertz CT molecular complexity index is 1260. The number of anilines is 1. The van der Waals surface area contributed by atoms with E-state index in [0.717, 1.165) is 55.5 Å². The molecule has 192 valence electrons. The van der Waals surface area contributed by atoms with Crippen LogP contribution < -0.4 is 20.7 Å². The summed E-state index contributed by atoms with van der Waals surface area (Å²) in [7, 11) is 0. The maximum atomic E-state index is 12.7. The molecule has 1 saturated heterocycles. The maximum absolute atomic E-state index is 12.7. The third-order valence-corrected chi connectivity index (χ3v) is 7.21. The number of hydrogen-bond acceptors (Lipinski definition) is 8. The van der Waals surface area contributed by atoms with Crippen molar-refractivity contribution in [3.63, 3.8) is 0 Å². The van der Waals surface area contributed by atoms with Gasteiger partial charge in [0.2, 0.25) is 0 Å². The first-order valence-corrected chi connectivity index (χ1v) is 13.1. The van der Waals surface area contributed by atoms with Crippen molar-refractivity contribution in [2.75, 3.05) is 44.6 Å². The highest BCUT2D eigenvalue weighted by molar-refractivity contribution is 7.16. The van der Waals surface area contributed by atoms with E-state index in [1.54, 1.807) is 23.1 Å². The van der Waals surface area contributed by atoms with Crippen molar-refractivity contribution in [1.82, 2.24) is 30.3 Å². The van der Waals surface area contributed by atoms with E-state index in [2.05, 4.69) is 30.9 Å². The summed E-state index contributed by atoms with van der Waals surface area (Å²) in [6, 6.07) is 10.5. The van der Waals surface area contributed by atoms with Gasteiger partial charge in [0.05, 0.1) is 21.5 Å². The number of hydrogen-bond donors (Lipinski definition) is 3. The Labute approximate surface area is 219 Å². The van der Waals surface area contributed by atoms with Gasteiger partial charge in [-0.15, -0.1) is 11.3 Å². The predicted molar refractivity (Wildman–Crippen MR) is 143 cm³/mol. The fourth-order valence-corrected chi connectivity index (χ4v) is 4.91. The Kier molecular flexibility index (Phi) is 8.04. The van der Waals surface area contributed by atoms with E-state index in [1.165, 1.54) is 6.33 Å². The molecule has 0 bridgehead atoms. The fraction of sp³-hybridized carbons (Fsp3) is 0.308. The molecule has 3 N–H and O–H groups in total. The number of piperazine rings is 1. The molecule has 1 atom stereocenters. The summed E-state index contributed by atoms with van der Waals surface area (Å²) in [6.07, 6.45) is 9.58. The first kappa shape index (κ1) is 24.9. The summed E-state index contributed by atoms with van der Waals surface area (Å²) < 4.78 is 7.51. The highest BCUT2D eigenvalue weighted by atomic mass is 32.1. The van der Waals surface area contributed by atoms with Crippen LogP contribution in [0.15, 0.2) is 67.3 Å². The smallest absolute Gasteiger partial charge is 0.265 e. The molecule has 0 radical (unpaired) electrons. The Balaban J connectivity index is 1.08. The zero-order valence-electron chi connectivity index (χ0n) is 20.3. The molecule has 0 spiro atoms. The van der Waals surface area contributed by atoms with E-state index in [0.29, 0.717) is 28.5 Å². The summed E-state index contributed by atoms with van der Waals surface area (Å²) in [6.45, 7) is 5.65. The van der Waals surface area contributed by atoms with E-state index in [4.69, 9.17) is 4.74 Å². The van der Waals surface area contributed by atoms with Crippen molar-refractivity contribution >= 4 is 34.5 Å². The highest BCUT2D eigenvalue weighted by Crippen LogP contribution is 2.21. The predicted octanol–water partition coefficient (Wildman–Crippen LogP) is 2.48. The Hall–Kier alpha value is -3.80. The highest BCUT2D eigenvalue weighted by Gasteiger charge is 2.18. The lowest BCUT2D eigenvalue weighted by molar-refractivity contribution is 0.0948. The molecule has 0 saturated carbocycles. The van der Waals surface area contributed by atoms with Crippen LogP contribution in [0, 0.1) is 0 Å². The van der Waals surface area contributed by atoms with Crippen LogP contribution in [-0.4, -0.2) is 76.9 Å². The standard InChI is InChI=1S/C26H29N7O3S/c34-25(30-19-1-5-21(6-2-19)33-18-28-17-29-33)23-9-10-24(37-23)26(35)31-20-3-7-22(8-4-20)36-16-15-32-13-11-27-12-14-32/h1,3-10,17-19,27H,2,11-16H2,(H,30,34)(H,31,35). The van der Waals surface area contributed by atoms with Crippen LogP contribution >= 0.6 is 11.3 Å². The van der Waals surface area contributed by atoms with Crippen molar-refractivity contribution in [3.8, 4) is 5.75 Å². The van der Waals surface area contributed by atoms with Crippen molar-refractivity contribution in [2.45, 2.75) is 12.5 Å². The summed E-state index contributed by atoms with van der Waals surface area (Å²) >= 11 is 1.16. The van der Waals surface area contributed by atoms with Crippen molar-refractivity contribution in [3.05, 3.63) is 77.0 Å². The van der Waals surface area contributed by atoms with E-state index in [1.807, 2.05) is 42.5 Å². The minimum absolute atomic E-state index is 0.128. The van der Waals surface area contributed by atoms with Crippen LogP contribution in [0.5, 0.6) is 5.75 Å². The van der Waals surface area contributed by atoms with Crippen molar-refractivity contribution in [2.24, 2.45) is 0 Å². The second kappa shape index (κ2) is 12.0. The van der Waals surface area contributed by atoms with E-state index in [-0.39, 0.29) is 17.9 Å². The SMILES string of the molecule is O=C(Nc1ccc(OCCN2CCNCC2)cc1)c1ccc(C(=O)NC2C=CC(n3cncn3)=CC2)s1. The number of benzene rings is 1. The number of rotatable bonds is 9. The molecular formula is C26H29N7O3S. The van der Waals surface area contributed by atoms with Crippen LogP contribution in [0.1, 0.15) is 25.8 Å². The lowest BCUT2D eigenvalue weighted by Crippen LogP contribution is -2.44. The summed E-state index contributed by atoms with van der Waals surface area (Å²) in [5.74, 6) is 0.302. The Morgan fingerprint density at radius 2 is 1.86 bits per heavy atom. The van der Waals surface area contributed by atoms with Crippen molar-refractivity contribution < 1.29 is 14.3 Å². The van der Waals surface area contributed by atoms with Gasteiger partial charge in [0, 0.05) is 38.4 Å².